The molecule has 2 N–H and O–H groups in total. The van der Waals surface area contributed by atoms with Gasteiger partial charge in [-0.15, -0.1) is 0 Å². The quantitative estimate of drug-likeness (QED) is 0.883. The van der Waals surface area contributed by atoms with Crippen molar-refractivity contribution >= 4 is 23.2 Å². The van der Waals surface area contributed by atoms with E-state index in [4.69, 9.17) is 0 Å². The highest BCUT2D eigenvalue weighted by atomic mass is 19.1. The van der Waals surface area contributed by atoms with Gasteiger partial charge in [-0.3, -0.25) is 5.32 Å². The summed E-state index contributed by atoms with van der Waals surface area (Å²) >= 11 is 0. The number of benzene rings is 1. The molecule has 0 radical (unpaired) electrons. The van der Waals surface area contributed by atoms with E-state index in [-0.39, 0.29) is 11.8 Å². The molecule has 1 aromatic heterocycles. The van der Waals surface area contributed by atoms with Crippen LogP contribution in [0.1, 0.15) is 5.56 Å². The second-order valence-corrected chi connectivity index (χ2v) is 4.58. The Morgan fingerprint density at radius 1 is 1.30 bits per heavy atom. The van der Waals surface area contributed by atoms with Gasteiger partial charge in [0.05, 0.1) is 12.2 Å². The molecule has 5 nitrogen and oxygen atoms in total. The van der Waals surface area contributed by atoms with Gasteiger partial charge < -0.3 is 10.2 Å². The Balaban J connectivity index is 1.98. The van der Waals surface area contributed by atoms with Crippen LogP contribution < -0.4 is 10.6 Å². The minimum absolute atomic E-state index is 0.201. The number of amides is 2. The number of anilines is 3. The second kappa shape index (κ2) is 4.80. The Bertz CT molecular complexity index is 674. The van der Waals surface area contributed by atoms with Crippen molar-refractivity contribution in [2.75, 3.05) is 17.7 Å². The van der Waals surface area contributed by atoms with Crippen LogP contribution in [0.4, 0.5) is 26.4 Å². The number of carbonyl (C=O) groups excluding carboxylic acids is 1. The Morgan fingerprint density at radius 2 is 2.10 bits per heavy atom. The predicted octanol–water partition coefficient (Wildman–Crippen LogP) is 2.94. The number of aromatic nitrogens is 1. The van der Waals surface area contributed by atoms with Gasteiger partial charge in [0.2, 0.25) is 0 Å². The van der Waals surface area contributed by atoms with Gasteiger partial charge in [-0.2, -0.15) is 0 Å². The first-order chi connectivity index (χ1) is 9.65. The van der Waals surface area contributed by atoms with Gasteiger partial charge in [0, 0.05) is 24.5 Å². The Hall–Kier alpha value is -2.63. The minimum Gasteiger partial charge on any atom is -0.353 e. The zero-order valence-corrected chi connectivity index (χ0v) is 10.9. The van der Waals surface area contributed by atoms with Crippen LogP contribution in [0.3, 0.4) is 0 Å². The van der Waals surface area contributed by atoms with Crippen LogP contribution in [-0.4, -0.2) is 23.0 Å². The Kier molecular flexibility index (Phi) is 2.98. The van der Waals surface area contributed by atoms with Gasteiger partial charge in [0.15, 0.2) is 0 Å². The van der Waals surface area contributed by atoms with Gasteiger partial charge in [0.1, 0.15) is 11.6 Å². The first kappa shape index (κ1) is 12.4. The number of hydrogen-bond donors (Lipinski definition) is 2. The lowest BCUT2D eigenvalue weighted by molar-refractivity contribution is 0.218. The van der Waals surface area contributed by atoms with E-state index in [1.807, 2.05) is 0 Å². The molecule has 0 unspecified atom stereocenters. The lowest BCUT2D eigenvalue weighted by Crippen LogP contribution is -2.36. The maximum Gasteiger partial charge on any atom is 0.323 e. The van der Waals surface area contributed by atoms with E-state index in [2.05, 4.69) is 15.6 Å². The summed E-state index contributed by atoms with van der Waals surface area (Å²) in [5.74, 6) is 0.181. The van der Waals surface area contributed by atoms with Crippen LogP contribution in [0, 0.1) is 5.82 Å². The summed E-state index contributed by atoms with van der Waals surface area (Å²) in [6.07, 6.45) is 1.58. The molecule has 1 aromatic carbocycles. The molecule has 0 aliphatic carbocycles. The third-order valence-corrected chi connectivity index (χ3v) is 3.17. The largest absolute Gasteiger partial charge is 0.353 e. The van der Waals surface area contributed by atoms with E-state index in [0.29, 0.717) is 18.1 Å². The molecule has 0 fully saturated rings. The lowest BCUT2D eigenvalue weighted by atomic mass is 10.1. The number of para-hydroxylation sites is 1. The molecule has 0 atom stereocenters. The van der Waals surface area contributed by atoms with Gasteiger partial charge >= 0.3 is 6.03 Å². The summed E-state index contributed by atoms with van der Waals surface area (Å²) in [5.41, 5.74) is 1.95. The average Bonchev–Trinajstić information content (AvgIpc) is 2.43. The van der Waals surface area contributed by atoms with Crippen molar-refractivity contribution in [2.24, 2.45) is 0 Å². The normalized spacial score (nSPS) is 13.7. The summed E-state index contributed by atoms with van der Waals surface area (Å²) in [6.45, 7) is 0.422. The third kappa shape index (κ3) is 2.16. The molecular formula is C14H13FN4O. The Labute approximate surface area is 115 Å². The maximum atomic E-state index is 13.7. The highest BCUT2D eigenvalue weighted by Gasteiger charge is 2.22. The molecule has 0 saturated carbocycles. The molecule has 1 aliphatic heterocycles. The molecule has 1 aliphatic rings. The molecule has 6 heteroatoms. The van der Waals surface area contributed by atoms with E-state index in [1.165, 1.54) is 11.0 Å². The van der Waals surface area contributed by atoms with E-state index in [0.717, 1.165) is 11.3 Å². The first-order valence-electron chi connectivity index (χ1n) is 6.16. The fraction of sp³-hybridized carbons (Fsp3) is 0.143. The average molecular weight is 272 g/mol. The molecule has 3 rings (SSSR count). The monoisotopic (exact) mass is 272 g/mol. The molecule has 20 heavy (non-hydrogen) atoms. The van der Waals surface area contributed by atoms with Crippen molar-refractivity contribution in [3.63, 3.8) is 0 Å². The fourth-order valence-corrected chi connectivity index (χ4v) is 2.09. The van der Waals surface area contributed by atoms with Crippen molar-refractivity contribution in [1.29, 1.82) is 0 Å². The molecule has 0 bridgehead atoms. The summed E-state index contributed by atoms with van der Waals surface area (Å²) in [7, 11) is 1.69. The summed E-state index contributed by atoms with van der Waals surface area (Å²) in [4.78, 5) is 17.2. The van der Waals surface area contributed by atoms with Crippen LogP contribution in [0.2, 0.25) is 0 Å². The van der Waals surface area contributed by atoms with Gasteiger partial charge in [-0.1, -0.05) is 12.1 Å². The molecule has 0 saturated heterocycles. The number of pyridine rings is 1. The van der Waals surface area contributed by atoms with Crippen molar-refractivity contribution < 1.29 is 9.18 Å². The van der Waals surface area contributed by atoms with Crippen molar-refractivity contribution in [1.82, 2.24) is 9.88 Å². The first-order valence-corrected chi connectivity index (χ1v) is 6.16. The molecule has 2 aromatic rings. The van der Waals surface area contributed by atoms with Crippen LogP contribution in [0.5, 0.6) is 0 Å². The van der Waals surface area contributed by atoms with E-state index in [1.54, 1.807) is 37.5 Å². The second-order valence-electron chi connectivity index (χ2n) is 4.58. The van der Waals surface area contributed by atoms with E-state index < -0.39 is 0 Å². The molecule has 102 valence electrons. The summed E-state index contributed by atoms with van der Waals surface area (Å²) in [6, 6.07) is 8.00. The number of fused-ring (bicyclic) bond motifs is 1. The number of halogens is 1. The van der Waals surface area contributed by atoms with Crippen molar-refractivity contribution in [3.8, 4) is 0 Å². The van der Waals surface area contributed by atoms with Gasteiger partial charge in [-0.05, 0) is 18.2 Å². The SMILES string of the molecule is CN1Cc2c(Nc3ccccc3F)ccnc2NC1=O. The number of urea groups is 1. The minimum atomic E-state index is -0.328. The highest BCUT2D eigenvalue weighted by molar-refractivity contribution is 5.92. The van der Waals surface area contributed by atoms with Crippen LogP contribution in [-0.2, 0) is 6.54 Å². The smallest absolute Gasteiger partial charge is 0.323 e. The molecule has 2 amide bonds. The van der Waals surface area contributed by atoms with Crippen molar-refractivity contribution in [2.45, 2.75) is 6.54 Å². The highest BCUT2D eigenvalue weighted by Crippen LogP contribution is 2.30. The number of rotatable bonds is 2. The zero-order valence-electron chi connectivity index (χ0n) is 10.9. The van der Waals surface area contributed by atoms with Gasteiger partial charge in [0.25, 0.3) is 0 Å². The van der Waals surface area contributed by atoms with E-state index in [9.17, 15) is 9.18 Å². The summed E-state index contributed by atoms with van der Waals surface area (Å²) in [5, 5.41) is 5.74. The predicted molar refractivity (Wildman–Crippen MR) is 74.4 cm³/mol. The maximum absolute atomic E-state index is 13.7. The number of carbonyl (C=O) groups is 1. The van der Waals surface area contributed by atoms with E-state index >= 15 is 0 Å². The molecule has 0 spiro atoms. The number of hydrogen-bond acceptors (Lipinski definition) is 3. The lowest BCUT2D eigenvalue weighted by Gasteiger charge is -2.27. The number of nitrogens with zero attached hydrogens (tertiary/aromatic N) is 2. The third-order valence-electron chi connectivity index (χ3n) is 3.17. The van der Waals surface area contributed by atoms with Crippen molar-refractivity contribution in [3.05, 3.63) is 47.9 Å². The van der Waals surface area contributed by atoms with Crippen LogP contribution in [0.15, 0.2) is 36.5 Å². The van der Waals surface area contributed by atoms with Crippen LogP contribution in [0.25, 0.3) is 0 Å². The Morgan fingerprint density at radius 3 is 2.90 bits per heavy atom. The van der Waals surface area contributed by atoms with Gasteiger partial charge in [-0.25, -0.2) is 14.2 Å². The number of nitrogens with one attached hydrogen (secondary N) is 2. The molecule has 2 heterocycles. The summed E-state index contributed by atoms with van der Waals surface area (Å²) < 4.78 is 13.7. The van der Waals surface area contributed by atoms with Crippen LogP contribution >= 0.6 is 0 Å². The standard InChI is InChI=1S/C14H13FN4O/c1-19-8-9-11(6-7-16-13(9)18-14(19)20)17-12-5-3-2-4-10(12)15/h2-7H,8H2,1H3,(H2,16,17,18,20). The topological polar surface area (TPSA) is 57.3 Å². The molecular weight excluding hydrogens is 259 g/mol. The zero-order chi connectivity index (χ0) is 14.1. The fourth-order valence-electron chi connectivity index (χ4n) is 2.09.